The first-order chi connectivity index (χ1) is 9.80. The number of carboxylic acid groups (broad SMARTS) is 1. The molecule has 5 nitrogen and oxygen atoms in total. The fourth-order valence-electron chi connectivity index (χ4n) is 2.60. The molecule has 1 aliphatic rings. The van der Waals surface area contributed by atoms with Crippen LogP contribution in [-0.4, -0.2) is 35.1 Å². The van der Waals surface area contributed by atoms with Crippen LogP contribution in [0.4, 0.5) is 10.5 Å². The maximum Gasteiger partial charge on any atom is 0.321 e. The Balaban J connectivity index is 2.08. The number of benzene rings is 1. The molecule has 1 saturated heterocycles. The number of likely N-dealkylation sites (tertiary alicyclic amines) is 1. The SMILES string of the molecule is Cc1cc(Br)cc(NC(=O)N2CCCC(C)(C(=O)O)C2)c1. The number of carboxylic acids is 1. The van der Waals surface area contributed by atoms with Crippen molar-refractivity contribution in [2.75, 3.05) is 18.4 Å². The number of carbonyl (C=O) groups excluding carboxylic acids is 1. The van der Waals surface area contributed by atoms with Crippen molar-refractivity contribution in [1.29, 1.82) is 0 Å². The Hall–Kier alpha value is -1.56. The molecule has 1 unspecified atom stereocenters. The molecular formula is C15H19BrN2O3. The third kappa shape index (κ3) is 3.75. The minimum atomic E-state index is -0.858. The van der Waals surface area contributed by atoms with E-state index in [4.69, 9.17) is 0 Å². The topological polar surface area (TPSA) is 69.6 Å². The number of aryl methyl sites for hydroxylation is 1. The number of amides is 2. The molecule has 21 heavy (non-hydrogen) atoms. The molecule has 1 fully saturated rings. The average molecular weight is 355 g/mol. The number of rotatable bonds is 2. The lowest BCUT2D eigenvalue weighted by Gasteiger charge is -2.37. The standard InChI is InChI=1S/C15H19BrN2O3/c1-10-6-11(16)8-12(7-10)17-14(21)18-5-3-4-15(2,9-18)13(19)20/h6-8H,3-5,9H2,1-2H3,(H,17,21)(H,19,20). The molecule has 2 amide bonds. The van der Waals surface area contributed by atoms with Crippen LogP contribution in [0.2, 0.25) is 0 Å². The van der Waals surface area contributed by atoms with Gasteiger partial charge in [-0.15, -0.1) is 0 Å². The minimum Gasteiger partial charge on any atom is -0.481 e. The van der Waals surface area contributed by atoms with Crippen LogP contribution in [-0.2, 0) is 4.79 Å². The van der Waals surface area contributed by atoms with E-state index in [1.165, 1.54) is 0 Å². The molecule has 1 aromatic carbocycles. The predicted octanol–water partition coefficient (Wildman–Crippen LogP) is 3.48. The summed E-state index contributed by atoms with van der Waals surface area (Å²) >= 11 is 3.39. The summed E-state index contributed by atoms with van der Waals surface area (Å²) in [5, 5.41) is 12.1. The second-order valence-corrected chi connectivity index (χ2v) is 6.75. The van der Waals surface area contributed by atoms with Crippen LogP contribution in [0.1, 0.15) is 25.3 Å². The summed E-state index contributed by atoms with van der Waals surface area (Å²) in [6.45, 7) is 4.46. The first kappa shape index (κ1) is 15.8. The van der Waals surface area contributed by atoms with E-state index in [0.717, 1.165) is 10.0 Å². The molecule has 0 spiro atoms. The van der Waals surface area contributed by atoms with Crippen molar-refractivity contribution in [3.63, 3.8) is 0 Å². The molecule has 2 N–H and O–H groups in total. The van der Waals surface area contributed by atoms with Gasteiger partial charge in [0.15, 0.2) is 0 Å². The zero-order chi connectivity index (χ0) is 15.6. The van der Waals surface area contributed by atoms with Crippen molar-refractivity contribution in [3.05, 3.63) is 28.2 Å². The van der Waals surface area contributed by atoms with Crippen molar-refractivity contribution >= 4 is 33.6 Å². The number of piperidine rings is 1. The fraction of sp³-hybridized carbons (Fsp3) is 0.467. The number of nitrogens with zero attached hydrogens (tertiary/aromatic N) is 1. The number of urea groups is 1. The van der Waals surface area contributed by atoms with Crippen LogP contribution >= 0.6 is 15.9 Å². The van der Waals surface area contributed by atoms with Gasteiger partial charge in [-0.3, -0.25) is 4.79 Å². The number of hydrogen-bond acceptors (Lipinski definition) is 2. The van der Waals surface area contributed by atoms with E-state index in [9.17, 15) is 14.7 Å². The van der Waals surface area contributed by atoms with E-state index in [1.54, 1.807) is 11.8 Å². The van der Waals surface area contributed by atoms with E-state index in [0.29, 0.717) is 25.1 Å². The van der Waals surface area contributed by atoms with Crippen molar-refractivity contribution in [2.45, 2.75) is 26.7 Å². The lowest BCUT2D eigenvalue weighted by Crippen LogP contribution is -2.49. The first-order valence-electron chi connectivity index (χ1n) is 6.87. The van der Waals surface area contributed by atoms with Crippen molar-refractivity contribution in [2.24, 2.45) is 5.41 Å². The highest BCUT2D eigenvalue weighted by Gasteiger charge is 2.39. The Morgan fingerprint density at radius 3 is 2.71 bits per heavy atom. The van der Waals surface area contributed by atoms with Crippen LogP contribution in [0, 0.1) is 12.3 Å². The number of halogens is 1. The Kier molecular flexibility index (Phi) is 4.56. The van der Waals surface area contributed by atoms with Gasteiger partial charge in [0.25, 0.3) is 0 Å². The summed E-state index contributed by atoms with van der Waals surface area (Å²) in [5.74, 6) is -0.849. The molecule has 114 valence electrons. The molecular weight excluding hydrogens is 336 g/mol. The number of carbonyl (C=O) groups is 2. The Bertz CT molecular complexity index is 556. The molecule has 0 bridgehead atoms. The quantitative estimate of drug-likeness (QED) is 0.853. The summed E-state index contributed by atoms with van der Waals surface area (Å²) in [6.07, 6.45) is 1.30. The van der Waals surface area contributed by atoms with Crippen LogP contribution in [0.5, 0.6) is 0 Å². The molecule has 1 aliphatic heterocycles. The third-order valence-electron chi connectivity index (χ3n) is 3.79. The lowest BCUT2D eigenvalue weighted by molar-refractivity contribution is -0.150. The van der Waals surface area contributed by atoms with Crippen LogP contribution in [0.15, 0.2) is 22.7 Å². The summed E-state index contributed by atoms with van der Waals surface area (Å²) in [6, 6.07) is 5.41. The van der Waals surface area contributed by atoms with Gasteiger partial charge < -0.3 is 15.3 Å². The van der Waals surface area contributed by atoms with Gasteiger partial charge in [-0.1, -0.05) is 15.9 Å². The molecule has 6 heteroatoms. The highest BCUT2D eigenvalue weighted by atomic mass is 79.9. The van der Waals surface area contributed by atoms with Crippen molar-refractivity contribution in [1.82, 2.24) is 4.90 Å². The maximum atomic E-state index is 12.3. The van der Waals surface area contributed by atoms with Crippen LogP contribution in [0.25, 0.3) is 0 Å². The number of aliphatic carboxylic acids is 1. The van der Waals surface area contributed by atoms with Gasteiger partial charge >= 0.3 is 12.0 Å². The van der Waals surface area contributed by atoms with Gasteiger partial charge in [-0.25, -0.2) is 4.79 Å². The van der Waals surface area contributed by atoms with Gasteiger partial charge in [0, 0.05) is 23.2 Å². The van der Waals surface area contributed by atoms with Gasteiger partial charge in [0.2, 0.25) is 0 Å². The minimum absolute atomic E-state index is 0.237. The lowest BCUT2D eigenvalue weighted by atomic mass is 9.82. The van der Waals surface area contributed by atoms with E-state index in [1.807, 2.05) is 25.1 Å². The number of nitrogens with one attached hydrogen (secondary N) is 1. The highest BCUT2D eigenvalue weighted by molar-refractivity contribution is 9.10. The molecule has 2 rings (SSSR count). The molecule has 0 saturated carbocycles. The third-order valence-corrected chi connectivity index (χ3v) is 4.25. The Morgan fingerprint density at radius 1 is 1.38 bits per heavy atom. The second kappa shape index (κ2) is 6.05. The Labute approximate surface area is 132 Å². The van der Waals surface area contributed by atoms with E-state index in [-0.39, 0.29) is 12.6 Å². The van der Waals surface area contributed by atoms with E-state index >= 15 is 0 Å². The predicted molar refractivity (Wildman–Crippen MR) is 84.4 cm³/mol. The summed E-state index contributed by atoms with van der Waals surface area (Å²) in [7, 11) is 0. The number of hydrogen-bond donors (Lipinski definition) is 2. The molecule has 0 aromatic heterocycles. The molecule has 0 radical (unpaired) electrons. The molecule has 0 aliphatic carbocycles. The van der Waals surface area contributed by atoms with Gasteiger partial charge in [-0.05, 0) is 50.5 Å². The largest absolute Gasteiger partial charge is 0.481 e. The second-order valence-electron chi connectivity index (χ2n) is 5.84. The zero-order valence-corrected chi connectivity index (χ0v) is 13.7. The Morgan fingerprint density at radius 2 is 2.10 bits per heavy atom. The fourth-order valence-corrected chi connectivity index (χ4v) is 3.21. The van der Waals surface area contributed by atoms with Crippen molar-refractivity contribution < 1.29 is 14.7 Å². The van der Waals surface area contributed by atoms with Gasteiger partial charge in [-0.2, -0.15) is 0 Å². The maximum absolute atomic E-state index is 12.3. The summed E-state index contributed by atoms with van der Waals surface area (Å²) in [4.78, 5) is 25.2. The number of anilines is 1. The summed E-state index contributed by atoms with van der Waals surface area (Å²) < 4.78 is 0.895. The van der Waals surface area contributed by atoms with Crippen LogP contribution < -0.4 is 5.32 Å². The monoisotopic (exact) mass is 354 g/mol. The first-order valence-corrected chi connectivity index (χ1v) is 7.66. The zero-order valence-electron chi connectivity index (χ0n) is 12.1. The average Bonchev–Trinajstić information content (AvgIpc) is 2.37. The molecule has 1 heterocycles. The van der Waals surface area contributed by atoms with Crippen molar-refractivity contribution in [3.8, 4) is 0 Å². The molecule has 1 aromatic rings. The van der Waals surface area contributed by atoms with E-state index in [2.05, 4.69) is 21.2 Å². The summed E-state index contributed by atoms with van der Waals surface area (Å²) in [5.41, 5.74) is 0.881. The smallest absolute Gasteiger partial charge is 0.321 e. The highest BCUT2D eigenvalue weighted by Crippen LogP contribution is 2.30. The van der Waals surface area contributed by atoms with E-state index < -0.39 is 11.4 Å². The van der Waals surface area contributed by atoms with Crippen LogP contribution in [0.3, 0.4) is 0 Å². The normalized spacial score (nSPS) is 22.0. The molecule has 1 atom stereocenters. The van der Waals surface area contributed by atoms with Gasteiger partial charge in [0.05, 0.1) is 5.41 Å². The van der Waals surface area contributed by atoms with Gasteiger partial charge in [0.1, 0.15) is 0 Å².